The number of esters is 5. The molecule has 1 N–H and O–H groups in total. The number of carbonyl (C=O) groups excluding carboxylic acids is 7. The number of hydrogen-bond acceptors (Lipinski definition) is 19. The average Bonchev–Trinajstić information content (AvgIpc) is 3.17. The van der Waals surface area contributed by atoms with Crippen LogP contribution in [-0.2, 0) is 85.7 Å². The molecule has 3 aliphatic rings. The van der Waals surface area contributed by atoms with Crippen molar-refractivity contribution in [3.63, 3.8) is 0 Å². The largest absolute Gasteiger partial charge is 0.461 e. The molecular formula is C36H56Cl2O19. The second-order valence-electron chi connectivity index (χ2n) is 12.5. The summed E-state index contributed by atoms with van der Waals surface area (Å²) in [7, 11) is 0. The minimum atomic E-state index is -1.23. The molecule has 0 bridgehead atoms. The molecular weight excluding hydrogens is 807 g/mol. The molecule has 3 saturated heterocycles. The number of carbonyl (C=O) groups is 7. The third-order valence-corrected chi connectivity index (χ3v) is 7.76. The van der Waals surface area contributed by atoms with Gasteiger partial charge in [-0.2, -0.15) is 0 Å². The predicted octanol–water partition coefficient (Wildman–Crippen LogP) is 2.77. The Morgan fingerprint density at radius 2 is 0.860 bits per heavy atom. The lowest BCUT2D eigenvalue weighted by molar-refractivity contribution is -0.182. The highest BCUT2D eigenvalue weighted by atomic mass is 35.5. The summed E-state index contributed by atoms with van der Waals surface area (Å²) < 4.78 is 56.8. The van der Waals surface area contributed by atoms with Gasteiger partial charge in [0, 0.05) is 19.8 Å². The highest BCUT2D eigenvalue weighted by Gasteiger charge is 2.25. The van der Waals surface area contributed by atoms with Gasteiger partial charge in [-0.05, 0) is 102 Å². The summed E-state index contributed by atoms with van der Waals surface area (Å²) >= 11 is 9.46. The van der Waals surface area contributed by atoms with E-state index in [-0.39, 0.29) is 58.3 Å². The first-order valence-electron chi connectivity index (χ1n) is 18.8. The Morgan fingerprint density at radius 1 is 0.526 bits per heavy atom. The first-order valence-corrected chi connectivity index (χ1v) is 19.6. The van der Waals surface area contributed by atoms with Crippen LogP contribution >= 0.6 is 23.2 Å². The molecule has 6 unspecified atom stereocenters. The fourth-order valence-electron chi connectivity index (χ4n) is 4.65. The van der Waals surface area contributed by atoms with E-state index < -0.39 is 65.1 Å². The van der Waals surface area contributed by atoms with Gasteiger partial charge in [0.1, 0.15) is 32.3 Å². The zero-order valence-corrected chi connectivity index (χ0v) is 34.2. The standard InChI is InChI=1S/C23H36O12.C10H18O5.C3H2Cl2O2/c1-16(22(26)32-13-11-30-20-7-3-5-9-28-20)34-18(24)15-19(25)35-17(2)23(27)33-14-12-31-21-8-4-6-10-29-21;1-8(11)10(12)15-7-6-14-9-4-2-3-5-13-9;4-2(6)1-3(5)7/h16-17,20-21H,3-15H2,1-2H3;8-9,11H,2-7H2,1H3;1H2. The van der Waals surface area contributed by atoms with E-state index in [1.165, 1.54) is 20.8 Å². The molecule has 0 aromatic heterocycles. The lowest BCUT2D eigenvalue weighted by Crippen LogP contribution is -2.31. The summed E-state index contributed by atoms with van der Waals surface area (Å²) in [5.41, 5.74) is 0. The summed E-state index contributed by atoms with van der Waals surface area (Å²) in [6, 6.07) is 0. The Hall–Kier alpha value is -3.01. The van der Waals surface area contributed by atoms with Crippen molar-refractivity contribution in [2.24, 2.45) is 0 Å². The van der Waals surface area contributed by atoms with Crippen LogP contribution in [-0.4, -0.2) is 142 Å². The van der Waals surface area contributed by atoms with E-state index in [4.69, 9.17) is 80.4 Å². The monoisotopic (exact) mass is 862 g/mol. The highest BCUT2D eigenvalue weighted by Crippen LogP contribution is 2.15. The van der Waals surface area contributed by atoms with E-state index in [0.717, 1.165) is 64.4 Å². The maximum absolute atomic E-state index is 11.9. The quantitative estimate of drug-likeness (QED) is 0.0573. The molecule has 21 heteroatoms. The van der Waals surface area contributed by atoms with Gasteiger partial charge in [-0.15, -0.1) is 0 Å². The number of aliphatic hydroxyl groups excluding tert-OH is 1. The molecule has 3 heterocycles. The van der Waals surface area contributed by atoms with Gasteiger partial charge in [-0.25, -0.2) is 14.4 Å². The molecule has 0 amide bonds. The van der Waals surface area contributed by atoms with Crippen LogP contribution in [0.3, 0.4) is 0 Å². The zero-order chi connectivity index (χ0) is 42.4. The number of halogens is 2. The van der Waals surface area contributed by atoms with Crippen LogP contribution in [0.15, 0.2) is 0 Å². The second kappa shape index (κ2) is 31.9. The van der Waals surface area contributed by atoms with Crippen LogP contribution in [0.1, 0.15) is 91.4 Å². The number of rotatable bonds is 21. The maximum atomic E-state index is 11.9. The van der Waals surface area contributed by atoms with E-state index >= 15 is 0 Å². The molecule has 19 nitrogen and oxygen atoms in total. The van der Waals surface area contributed by atoms with E-state index in [1.807, 2.05) is 0 Å². The first kappa shape index (κ1) is 52.0. The molecule has 0 aliphatic carbocycles. The summed E-state index contributed by atoms with van der Waals surface area (Å²) in [6.07, 6.45) is 3.25. The number of aliphatic hydroxyl groups is 1. The van der Waals surface area contributed by atoms with Gasteiger partial charge in [-0.1, -0.05) is 0 Å². The molecule has 57 heavy (non-hydrogen) atoms. The van der Waals surface area contributed by atoms with E-state index in [1.54, 1.807) is 0 Å². The molecule has 3 rings (SSSR count). The summed E-state index contributed by atoms with van der Waals surface area (Å²) in [6.45, 7) is 6.74. The van der Waals surface area contributed by atoms with E-state index in [9.17, 15) is 33.6 Å². The van der Waals surface area contributed by atoms with Gasteiger partial charge in [0.2, 0.25) is 10.5 Å². The van der Waals surface area contributed by atoms with Crippen LogP contribution in [0.2, 0.25) is 0 Å². The van der Waals surface area contributed by atoms with Crippen molar-refractivity contribution in [3.05, 3.63) is 0 Å². The van der Waals surface area contributed by atoms with Crippen LogP contribution < -0.4 is 0 Å². The Balaban J connectivity index is 0.000000602. The summed E-state index contributed by atoms with van der Waals surface area (Å²) in [5.74, 6) is -4.17. The number of ether oxygens (including phenoxy) is 11. The molecule has 328 valence electrons. The molecule has 0 saturated carbocycles. The lowest BCUT2D eigenvalue weighted by Gasteiger charge is -2.22. The lowest BCUT2D eigenvalue weighted by atomic mass is 10.2. The minimum Gasteiger partial charge on any atom is -0.461 e. The van der Waals surface area contributed by atoms with Crippen molar-refractivity contribution >= 4 is 63.5 Å². The third-order valence-electron chi connectivity index (χ3n) is 7.50. The van der Waals surface area contributed by atoms with Crippen molar-refractivity contribution in [2.75, 3.05) is 59.5 Å². The Morgan fingerprint density at radius 3 is 1.12 bits per heavy atom. The summed E-state index contributed by atoms with van der Waals surface area (Å²) in [5, 5.41) is 7.38. The average molecular weight is 864 g/mol. The van der Waals surface area contributed by atoms with Gasteiger partial charge in [0.05, 0.1) is 26.2 Å². The van der Waals surface area contributed by atoms with E-state index in [0.29, 0.717) is 19.8 Å². The number of hydrogen-bond donors (Lipinski definition) is 1. The van der Waals surface area contributed by atoms with Crippen molar-refractivity contribution in [2.45, 2.75) is 129 Å². The molecule has 3 fully saturated rings. The molecule has 0 aromatic carbocycles. The van der Waals surface area contributed by atoms with Crippen molar-refractivity contribution in [1.29, 1.82) is 0 Å². The van der Waals surface area contributed by atoms with Gasteiger partial charge < -0.3 is 57.2 Å². The Labute approximate surface area is 341 Å². The van der Waals surface area contributed by atoms with Crippen molar-refractivity contribution in [3.8, 4) is 0 Å². The molecule has 0 aromatic rings. The molecule has 3 aliphatic heterocycles. The smallest absolute Gasteiger partial charge is 0.347 e. The maximum Gasteiger partial charge on any atom is 0.347 e. The molecule has 0 spiro atoms. The van der Waals surface area contributed by atoms with Crippen LogP contribution in [0.4, 0.5) is 0 Å². The second-order valence-corrected chi connectivity index (χ2v) is 13.4. The highest BCUT2D eigenvalue weighted by molar-refractivity contribution is 6.72. The Bertz CT molecular complexity index is 1130. The van der Waals surface area contributed by atoms with Crippen molar-refractivity contribution < 1.29 is 90.8 Å². The zero-order valence-electron chi connectivity index (χ0n) is 32.7. The van der Waals surface area contributed by atoms with Gasteiger partial charge in [-0.3, -0.25) is 19.2 Å². The molecule has 0 radical (unpaired) electrons. The topological polar surface area (TPSA) is 241 Å². The fraction of sp³-hybridized carbons (Fsp3) is 0.806. The van der Waals surface area contributed by atoms with Gasteiger partial charge >= 0.3 is 29.8 Å². The predicted molar refractivity (Wildman–Crippen MR) is 195 cm³/mol. The summed E-state index contributed by atoms with van der Waals surface area (Å²) in [4.78, 5) is 77.9. The minimum absolute atomic E-state index is 0.0268. The SMILES string of the molecule is CC(O)C(=O)OCCOC1CCCCO1.CC(OC(=O)CC(=O)OC(C)C(=O)OCCOC1CCCCO1)C(=O)OCCOC1CCCCO1.O=C(Cl)CC(=O)Cl. The normalized spacial score (nSPS) is 20.6. The van der Waals surface area contributed by atoms with Crippen LogP contribution in [0, 0.1) is 0 Å². The van der Waals surface area contributed by atoms with Crippen molar-refractivity contribution in [1.82, 2.24) is 0 Å². The fourth-order valence-corrected chi connectivity index (χ4v) is 4.96. The Kier molecular flexibility index (Phi) is 29.1. The first-order chi connectivity index (χ1) is 27.2. The van der Waals surface area contributed by atoms with E-state index in [2.05, 4.69) is 0 Å². The van der Waals surface area contributed by atoms with Crippen LogP contribution in [0.5, 0.6) is 0 Å². The molecule has 6 atom stereocenters. The van der Waals surface area contributed by atoms with Gasteiger partial charge in [0.25, 0.3) is 0 Å². The third kappa shape index (κ3) is 28.1. The van der Waals surface area contributed by atoms with Crippen LogP contribution in [0.25, 0.3) is 0 Å². The van der Waals surface area contributed by atoms with Gasteiger partial charge in [0.15, 0.2) is 31.1 Å².